The number of methoxy groups -OCH3 is 1. The lowest BCUT2D eigenvalue weighted by atomic mass is 10.1. The van der Waals surface area contributed by atoms with Crippen molar-refractivity contribution in [2.24, 2.45) is 0 Å². The van der Waals surface area contributed by atoms with Crippen molar-refractivity contribution in [3.8, 4) is 5.75 Å². The van der Waals surface area contributed by atoms with E-state index in [2.05, 4.69) is 0 Å². The van der Waals surface area contributed by atoms with Crippen LogP contribution in [0, 0.1) is 5.82 Å². The highest BCUT2D eigenvalue weighted by molar-refractivity contribution is 7.92. The summed E-state index contributed by atoms with van der Waals surface area (Å²) in [5, 5.41) is 0.412. The van der Waals surface area contributed by atoms with E-state index in [0.717, 1.165) is 17.7 Å². The molecule has 0 radical (unpaired) electrons. The van der Waals surface area contributed by atoms with Gasteiger partial charge in [-0.05, 0) is 67.1 Å². The summed E-state index contributed by atoms with van der Waals surface area (Å²) in [6.07, 6.45) is 0. The van der Waals surface area contributed by atoms with E-state index in [0.29, 0.717) is 16.5 Å². The van der Waals surface area contributed by atoms with Gasteiger partial charge in [-0.2, -0.15) is 0 Å². The molecule has 0 amide bonds. The minimum Gasteiger partial charge on any atom is -0.497 e. The van der Waals surface area contributed by atoms with Crippen LogP contribution in [0.5, 0.6) is 5.75 Å². The largest absolute Gasteiger partial charge is 0.497 e. The standard InChI is InChI=1S/C21H19ClFNO3S/c1-15(16-5-3-8-20(13-16)27-2)24(19-7-4-6-17(22)14-19)28(25,26)21-11-9-18(23)10-12-21/h3-15H,1-2H3. The van der Waals surface area contributed by atoms with Gasteiger partial charge in [0, 0.05) is 5.02 Å². The Kier molecular flexibility index (Phi) is 5.91. The predicted octanol–water partition coefficient (Wildman–Crippen LogP) is 5.44. The number of halogens is 2. The van der Waals surface area contributed by atoms with E-state index in [1.165, 1.54) is 16.4 Å². The van der Waals surface area contributed by atoms with E-state index >= 15 is 0 Å². The molecule has 3 aromatic rings. The van der Waals surface area contributed by atoms with Gasteiger partial charge in [0.05, 0.1) is 23.7 Å². The molecular formula is C21H19ClFNO3S. The summed E-state index contributed by atoms with van der Waals surface area (Å²) in [6.45, 7) is 1.77. The van der Waals surface area contributed by atoms with Gasteiger partial charge in [-0.25, -0.2) is 12.8 Å². The van der Waals surface area contributed by atoms with Gasteiger partial charge in [0.25, 0.3) is 10.0 Å². The molecule has 7 heteroatoms. The van der Waals surface area contributed by atoms with Gasteiger partial charge in [0.15, 0.2) is 0 Å². The van der Waals surface area contributed by atoms with Gasteiger partial charge in [-0.15, -0.1) is 0 Å². The molecule has 146 valence electrons. The Bertz CT molecular complexity index is 1070. The third-order valence-corrected chi connectivity index (χ3v) is 6.51. The molecule has 1 atom stereocenters. The first-order chi connectivity index (χ1) is 13.3. The smallest absolute Gasteiger partial charge is 0.264 e. The van der Waals surface area contributed by atoms with Crippen molar-refractivity contribution < 1.29 is 17.5 Å². The Morgan fingerprint density at radius 1 is 1.00 bits per heavy atom. The first kappa shape index (κ1) is 20.2. The zero-order chi connectivity index (χ0) is 20.3. The SMILES string of the molecule is COc1cccc(C(C)N(c2cccc(Cl)c2)S(=O)(=O)c2ccc(F)cc2)c1. The van der Waals surface area contributed by atoms with Gasteiger partial charge in [0.2, 0.25) is 0 Å². The highest BCUT2D eigenvalue weighted by Crippen LogP contribution is 2.35. The monoisotopic (exact) mass is 419 g/mol. The van der Waals surface area contributed by atoms with Crippen LogP contribution >= 0.6 is 11.6 Å². The lowest BCUT2D eigenvalue weighted by molar-refractivity contribution is 0.414. The Morgan fingerprint density at radius 2 is 1.68 bits per heavy atom. The molecule has 0 spiro atoms. The van der Waals surface area contributed by atoms with E-state index in [1.54, 1.807) is 56.5 Å². The van der Waals surface area contributed by atoms with Crippen molar-refractivity contribution in [3.05, 3.63) is 89.2 Å². The zero-order valence-corrected chi connectivity index (χ0v) is 16.9. The number of hydrogen-bond acceptors (Lipinski definition) is 3. The number of anilines is 1. The highest BCUT2D eigenvalue weighted by atomic mass is 35.5. The maximum atomic E-state index is 13.5. The third-order valence-electron chi connectivity index (χ3n) is 4.36. The summed E-state index contributed by atoms with van der Waals surface area (Å²) in [6, 6.07) is 18.0. The zero-order valence-electron chi connectivity index (χ0n) is 15.3. The van der Waals surface area contributed by atoms with Crippen LogP contribution in [0.25, 0.3) is 0 Å². The molecule has 28 heavy (non-hydrogen) atoms. The van der Waals surface area contributed by atoms with Crippen LogP contribution < -0.4 is 9.04 Å². The Labute approximate surface area is 169 Å². The summed E-state index contributed by atoms with van der Waals surface area (Å²) in [7, 11) is -2.44. The molecule has 3 rings (SSSR count). The Morgan fingerprint density at radius 3 is 2.32 bits per heavy atom. The Hall–Kier alpha value is -2.57. The molecule has 0 aromatic heterocycles. The van der Waals surface area contributed by atoms with Crippen molar-refractivity contribution >= 4 is 27.3 Å². The van der Waals surface area contributed by atoms with Gasteiger partial charge in [-0.1, -0.05) is 29.8 Å². The first-order valence-electron chi connectivity index (χ1n) is 8.52. The number of benzene rings is 3. The maximum Gasteiger partial charge on any atom is 0.264 e. The molecule has 0 saturated carbocycles. The number of rotatable bonds is 6. The van der Waals surface area contributed by atoms with Crippen LogP contribution in [0.15, 0.2) is 77.7 Å². The second kappa shape index (κ2) is 8.20. The molecule has 3 aromatic carbocycles. The van der Waals surface area contributed by atoms with Crippen LogP contribution in [-0.4, -0.2) is 15.5 Å². The van der Waals surface area contributed by atoms with E-state index in [9.17, 15) is 12.8 Å². The maximum absolute atomic E-state index is 13.5. The van der Waals surface area contributed by atoms with E-state index < -0.39 is 21.9 Å². The number of ether oxygens (including phenoxy) is 1. The molecule has 0 aliphatic heterocycles. The first-order valence-corrected chi connectivity index (χ1v) is 10.3. The van der Waals surface area contributed by atoms with Crippen molar-refractivity contribution in [2.75, 3.05) is 11.4 Å². The van der Waals surface area contributed by atoms with Crippen LogP contribution in [-0.2, 0) is 10.0 Å². The van der Waals surface area contributed by atoms with Crippen LogP contribution in [0.1, 0.15) is 18.5 Å². The fraction of sp³-hybridized carbons (Fsp3) is 0.143. The molecular weight excluding hydrogens is 401 g/mol. The molecule has 0 aliphatic carbocycles. The van der Waals surface area contributed by atoms with E-state index in [4.69, 9.17) is 16.3 Å². The molecule has 0 saturated heterocycles. The van der Waals surface area contributed by atoms with E-state index in [-0.39, 0.29) is 4.90 Å². The van der Waals surface area contributed by atoms with Crippen LogP contribution in [0.3, 0.4) is 0 Å². The second-order valence-corrected chi connectivity index (χ2v) is 8.44. The van der Waals surface area contributed by atoms with Gasteiger partial charge < -0.3 is 4.74 Å². The topological polar surface area (TPSA) is 46.6 Å². The summed E-state index contributed by atoms with van der Waals surface area (Å²) < 4.78 is 46.8. The summed E-state index contributed by atoms with van der Waals surface area (Å²) in [5.74, 6) is 0.115. The second-order valence-electron chi connectivity index (χ2n) is 6.19. The van der Waals surface area contributed by atoms with Crippen LogP contribution in [0.4, 0.5) is 10.1 Å². The molecule has 0 heterocycles. The average Bonchev–Trinajstić information content (AvgIpc) is 2.68. The Balaban J connectivity index is 2.15. The molecule has 4 nitrogen and oxygen atoms in total. The molecule has 1 unspecified atom stereocenters. The summed E-state index contributed by atoms with van der Waals surface area (Å²) in [4.78, 5) is -0.0105. The average molecular weight is 420 g/mol. The van der Waals surface area contributed by atoms with Gasteiger partial charge >= 0.3 is 0 Å². The van der Waals surface area contributed by atoms with Crippen molar-refractivity contribution in [1.29, 1.82) is 0 Å². The fourth-order valence-corrected chi connectivity index (χ4v) is 4.76. The molecule has 0 N–H and O–H groups in total. The predicted molar refractivity (Wildman–Crippen MR) is 109 cm³/mol. The molecule has 0 aliphatic rings. The van der Waals surface area contributed by atoms with Crippen molar-refractivity contribution in [3.63, 3.8) is 0 Å². The normalized spacial score (nSPS) is 12.4. The van der Waals surface area contributed by atoms with Gasteiger partial charge in [0.1, 0.15) is 11.6 Å². The van der Waals surface area contributed by atoms with Crippen LogP contribution in [0.2, 0.25) is 5.02 Å². The number of sulfonamides is 1. The lowest BCUT2D eigenvalue weighted by Gasteiger charge is -2.31. The fourth-order valence-electron chi connectivity index (χ4n) is 2.94. The van der Waals surface area contributed by atoms with Crippen molar-refractivity contribution in [2.45, 2.75) is 17.9 Å². The van der Waals surface area contributed by atoms with Crippen molar-refractivity contribution in [1.82, 2.24) is 0 Å². The number of nitrogens with zero attached hydrogens (tertiary/aromatic N) is 1. The summed E-state index contributed by atoms with van der Waals surface area (Å²) >= 11 is 6.11. The molecule has 0 bridgehead atoms. The molecule has 0 fully saturated rings. The minimum atomic E-state index is -3.99. The third kappa shape index (κ3) is 4.13. The van der Waals surface area contributed by atoms with E-state index in [1.807, 2.05) is 6.07 Å². The quantitative estimate of drug-likeness (QED) is 0.534. The minimum absolute atomic E-state index is 0.0105. The highest BCUT2D eigenvalue weighted by Gasteiger charge is 2.30. The summed E-state index contributed by atoms with van der Waals surface area (Å²) in [5.41, 5.74) is 1.15. The van der Waals surface area contributed by atoms with Gasteiger partial charge in [-0.3, -0.25) is 4.31 Å². The number of hydrogen-bond donors (Lipinski definition) is 0. The lowest BCUT2D eigenvalue weighted by Crippen LogP contribution is -2.33.